The van der Waals surface area contributed by atoms with E-state index in [1.807, 2.05) is 21.1 Å². The van der Waals surface area contributed by atoms with E-state index in [1.54, 1.807) is 0 Å². The zero-order valence-electron chi connectivity index (χ0n) is 31.9. The van der Waals surface area contributed by atoms with Crippen LogP contribution in [0.25, 0.3) is 11.2 Å². The van der Waals surface area contributed by atoms with Gasteiger partial charge in [-0.3, -0.25) is 32.6 Å². The summed E-state index contributed by atoms with van der Waals surface area (Å²) in [5.74, 6) is -1.30. The minimum absolute atomic E-state index is 0.0173. The number of hydrogen-bond donors (Lipinski definition) is 9. The molecule has 1 aliphatic rings. The van der Waals surface area contributed by atoms with Gasteiger partial charge in [0.15, 0.2) is 22.8 Å². The number of carbonyl (C=O) groups is 3. The van der Waals surface area contributed by atoms with Crippen molar-refractivity contribution in [1.29, 1.82) is 0 Å². The zero-order valence-corrected chi connectivity index (χ0v) is 35.4. The topological polar surface area (TPSA) is 387 Å². The number of imidazole rings is 1. The van der Waals surface area contributed by atoms with Gasteiger partial charge in [0.05, 0.1) is 40.7 Å². The molecular formula is C28H49N8O18P3S. The van der Waals surface area contributed by atoms with Crippen molar-refractivity contribution in [3.63, 3.8) is 0 Å². The van der Waals surface area contributed by atoms with Crippen molar-refractivity contribution >= 4 is 69.1 Å². The molecule has 0 radical (unpaired) electrons. The van der Waals surface area contributed by atoms with Crippen LogP contribution in [0.4, 0.5) is 5.82 Å². The van der Waals surface area contributed by atoms with Crippen molar-refractivity contribution in [3.05, 3.63) is 12.7 Å². The minimum atomic E-state index is -5.76. The number of aliphatic hydroxyl groups is 3. The molecule has 0 aliphatic carbocycles. The molecule has 2 unspecified atom stereocenters. The fourth-order valence-electron chi connectivity index (χ4n) is 5.24. The van der Waals surface area contributed by atoms with Crippen molar-refractivity contribution in [2.75, 3.05) is 65.5 Å². The number of nitrogen functional groups attached to an aromatic ring is 1. The van der Waals surface area contributed by atoms with E-state index in [0.29, 0.717) is 11.0 Å². The number of quaternary nitrogens is 1. The summed E-state index contributed by atoms with van der Waals surface area (Å²) >= 11 is 0.953. The maximum atomic E-state index is 12.6. The number of carbonyl (C=O) groups excluding carboxylic acids is 3. The first kappa shape index (κ1) is 49.8. The molecule has 2 amide bonds. The lowest BCUT2D eigenvalue weighted by Crippen LogP contribution is -2.46. The number of fused-ring (bicyclic) bond motifs is 1. The Bertz CT molecular complexity index is 1900. The lowest BCUT2D eigenvalue weighted by molar-refractivity contribution is -0.873. The molecule has 0 aromatic carbocycles. The number of phosphoric acid groups is 3. The molecule has 2 aromatic rings. The van der Waals surface area contributed by atoms with Crippen molar-refractivity contribution in [3.8, 4) is 0 Å². The van der Waals surface area contributed by atoms with Gasteiger partial charge >= 0.3 is 15.6 Å². The van der Waals surface area contributed by atoms with E-state index in [9.17, 15) is 63.0 Å². The van der Waals surface area contributed by atoms with Gasteiger partial charge in [-0.25, -0.2) is 28.4 Å². The average molecular weight is 911 g/mol. The van der Waals surface area contributed by atoms with Gasteiger partial charge in [0, 0.05) is 37.1 Å². The van der Waals surface area contributed by atoms with Crippen LogP contribution in [0, 0.1) is 5.41 Å². The molecular weight excluding hydrogens is 861 g/mol. The monoisotopic (exact) mass is 910 g/mol. The highest BCUT2D eigenvalue weighted by Crippen LogP contribution is 2.59. The first-order chi connectivity index (χ1) is 26.6. The molecule has 58 heavy (non-hydrogen) atoms. The van der Waals surface area contributed by atoms with Gasteiger partial charge in [-0.1, -0.05) is 25.6 Å². The standard InChI is InChI=1S/C28H49N8O18P3S/c1-28(2,23(41)26(42)31-7-6-18(38)30-8-9-58-19(39)10-16(37)11-36(3,4)5)13-51-57(48,49)54-56(46,47)50-12-17-22(53-55(43,44)45)21(40)27(52-17)35-15-34-20-24(29)32-14-33-25(20)35/h14-17,21-23,27,37,40-41H,6-13H2,1-5H3,(H7-,29,30,31,32,33,38,42,43,44,45,46,47,48,49)/t16-,17+,21-,22+,23+,27-/m1/s1. The van der Waals surface area contributed by atoms with Crippen LogP contribution < -0.4 is 21.3 Å². The van der Waals surface area contributed by atoms with Gasteiger partial charge in [0.1, 0.15) is 48.9 Å². The fourth-order valence-corrected chi connectivity index (χ4v) is 8.77. The van der Waals surface area contributed by atoms with E-state index in [4.69, 9.17) is 15.0 Å². The smallest absolute Gasteiger partial charge is 0.478 e. The summed E-state index contributed by atoms with van der Waals surface area (Å²) in [7, 11) is -11.1. The third-order valence-corrected chi connectivity index (χ3v) is 11.9. The Morgan fingerprint density at radius 1 is 1.09 bits per heavy atom. The molecule has 3 heterocycles. The number of amides is 2. The number of nitrogens with zero attached hydrogens (tertiary/aromatic N) is 5. The number of nitrogens with one attached hydrogen (secondary N) is 2. The Morgan fingerprint density at radius 2 is 1.76 bits per heavy atom. The van der Waals surface area contributed by atoms with Crippen LogP contribution in [0.1, 0.15) is 32.9 Å². The van der Waals surface area contributed by atoms with Crippen LogP contribution in [0.5, 0.6) is 0 Å². The van der Waals surface area contributed by atoms with Gasteiger partial charge in [-0.15, -0.1) is 0 Å². The second-order valence-corrected chi connectivity index (χ2v) is 19.9. The Kier molecular flexibility index (Phi) is 17.5. The molecule has 1 saturated heterocycles. The Morgan fingerprint density at radius 3 is 2.40 bits per heavy atom. The highest BCUT2D eigenvalue weighted by Gasteiger charge is 2.50. The van der Waals surface area contributed by atoms with Crippen LogP contribution in [-0.2, 0) is 50.7 Å². The van der Waals surface area contributed by atoms with Crippen molar-refractivity contribution in [1.82, 2.24) is 30.2 Å². The Hall–Kier alpha value is -2.52. The summed E-state index contributed by atoms with van der Waals surface area (Å²) in [5.41, 5.74) is 4.17. The number of nitrogens with two attached hydrogens (primary N) is 1. The largest absolute Gasteiger partial charge is 0.756 e. The van der Waals surface area contributed by atoms with Crippen LogP contribution in [0.3, 0.4) is 0 Å². The number of ether oxygens (including phenoxy) is 1. The van der Waals surface area contributed by atoms with Crippen molar-refractivity contribution in [2.24, 2.45) is 5.41 Å². The SMILES string of the molecule is CC(C)(COP(=O)([O-])OP(=O)(O)OC[C@@H]1O[C@@H](n2cnc3c(N)ncnc32)[C@H](O)[C@H]1OP(=O)(O)O)[C@@H](O)C(=O)NCCC(=O)NCCSC(=O)C[C@@H](O)C[N+](C)(C)C. The summed E-state index contributed by atoms with van der Waals surface area (Å²) in [5, 5.41) is 36.1. The third kappa shape index (κ3) is 15.8. The lowest BCUT2D eigenvalue weighted by atomic mass is 9.87. The number of thioether (sulfide) groups is 1. The average Bonchev–Trinajstić information content (AvgIpc) is 3.63. The van der Waals surface area contributed by atoms with Gasteiger partial charge < -0.3 is 65.0 Å². The molecule has 10 N–H and O–H groups in total. The molecule has 330 valence electrons. The van der Waals surface area contributed by atoms with E-state index in [1.165, 1.54) is 13.8 Å². The molecule has 0 bridgehead atoms. The highest BCUT2D eigenvalue weighted by molar-refractivity contribution is 8.13. The number of aliphatic hydroxyl groups excluding tert-OH is 3. The number of anilines is 1. The summed E-state index contributed by atoms with van der Waals surface area (Å²) in [4.78, 5) is 90.0. The summed E-state index contributed by atoms with van der Waals surface area (Å²) < 4.78 is 62.1. The van der Waals surface area contributed by atoms with Crippen LogP contribution in [0.15, 0.2) is 12.7 Å². The maximum Gasteiger partial charge on any atom is 0.478 e. The maximum absolute atomic E-state index is 12.6. The molecule has 2 aromatic heterocycles. The first-order valence-corrected chi connectivity index (χ1v) is 22.6. The predicted octanol–water partition coefficient (Wildman–Crippen LogP) is -2.51. The summed E-state index contributed by atoms with van der Waals surface area (Å²) in [6.07, 6.45) is -7.95. The normalized spacial score (nSPS) is 22.2. The number of hydrogen-bond acceptors (Lipinski definition) is 20. The van der Waals surface area contributed by atoms with Crippen molar-refractivity contribution in [2.45, 2.75) is 63.4 Å². The molecule has 8 atom stereocenters. The number of rotatable bonds is 23. The van der Waals surface area contributed by atoms with Gasteiger partial charge in [0.2, 0.25) is 11.8 Å². The molecule has 30 heteroatoms. The van der Waals surface area contributed by atoms with E-state index >= 15 is 0 Å². The summed E-state index contributed by atoms with van der Waals surface area (Å²) in [6, 6.07) is 0. The quantitative estimate of drug-likeness (QED) is 0.0316. The molecule has 26 nitrogen and oxygen atoms in total. The minimum Gasteiger partial charge on any atom is -0.756 e. The number of phosphoric ester groups is 3. The van der Waals surface area contributed by atoms with Gasteiger partial charge in [-0.05, 0) is 0 Å². The van der Waals surface area contributed by atoms with Crippen LogP contribution in [0.2, 0.25) is 0 Å². The Labute approximate surface area is 335 Å². The first-order valence-electron chi connectivity index (χ1n) is 17.1. The van der Waals surface area contributed by atoms with Crippen LogP contribution >= 0.6 is 35.2 Å². The molecule has 1 fully saturated rings. The number of likely N-dealkylation sites (N-methyl/N-ethyl adjacent to an activating group) is 1. The van der Waals surface area contributed by atoms with Crippen molar-refractivity contribution < 1.29 is 90.1 Å². The van der Waals surface area contributed by atoms with Gasteiger partial charge in [-0.2, -0.15) is 0 Å². The third-order valence-electron chi connectivity index (χ3n) is 7.92. The van der Waals surface area contributed by atoms with E-state index in [0.717, 1.165) is 29.0 Å². The zero-order chi connectivity index (χ0) is 43.9. The molecule has 1 aliphatic heterocycles. The second kappa shape index (κ2) is 20.4. The van der Waals surface area contributed by atoms with E-state index in [2.05, 4.69) is 38.9 Å². The second-order valence-electron chi connectivity index (χ2n) is 14.6. The Balaban J connectivity index is 1.46. The molecule has 3 rings (SSSR count). The van der Waals surface area contributed by atoms with Crippen LogP contribution in [-0.4, -0.2) is 161 Å². The number of aromatic nitrogens is 4. The molecule has 0 saturated carbocycles. The lowest BCUT2D eigenvalue weighted by Gasteiger charge is -2.32. The fraction of sp³-hybridized carbons (Fsp3) is 0.714. The summed E-state index contributed by atoms with van der Waals surface area (Å²) in [6.45, 7) is 0.580. The molecule has 0 spiro atoms. The van der Waals surface area contributed by atoms with Gasteiger partial charge in [0.25, 0.3) is 7.82 Å². The highest BCUT2D eigenvalue weighted by atomic mass is 32.2. The van der Waals surface area contributed by atoms with E-state index < -0.39 is 90.7 Å². The predicted molar refractivity (Wildman–Crippen MR) is 198 cm³/mol. The van der Waals surface area contributed by atoms with E-state index in [-0.39, 0.29) is 53.8 Å².